The predicted molar refractivity (Wildman–Crippen MR) is 91.0 cm³/mol. The summed E-state index contributed by atoms with van der Waals surface area (Å²) in [5, 5.41) is 1.61. The fourth-order valence-corrected chi connectivity index (χ4v) is 2.86. The van der Waals surface area contributed by atoms with Crippen molar-refractivity contribution in [2.45, 2.75) is 19.7 Å². The Hall–Kier alpha value is -2.68. The van der Waals surface area contributed by atoms with Gasteiger partial charge in [-0.3, -0.25) is 4.98 Å². The number of aromatic nitrogens is 1. The van der Waals surface area contributed by atoms with Crippen molar-refractivity contribution in [2.75, 3.05) is 0 Å². The molecular weight excluding hydrogens is 289 g/mol. The lowest BCUT2D eigenvalue weighted by atomic mass is 10.0. The number of hydrogen-bond donors (Lipinski definition) is 0. The Balaban J connectivity index is 1.99. The van der Waals surface area contributed by atoms with Gasteiger partial charge in [0.15, 0.2) is 0 Å². The number of halogens is 1. The molecule has 0 fully saturated rings. The number of para-hydroxylation sites is 1. The molecule has 2 aromatic carbocycles. The monoisotopic (exact) mass is 306 g/mol. The Morgan fingerprint density at radius 2 is 1.96 bits per heavy atom. The first kappa shape index (κ1) is 12.8. The molecule has 4 aromatic rings. The third-order valence-electron chi connectivity index (χ3n) is 4.07. The van der Waals surface area contributed by atoms with Crippen LogP contribution >= 0.6 is 0 Å². The molecule has 0 saturated heterocycles. The summed E-state index contributed by atoms with van der Waals surface area (Å²) in [7, 11) is 0. The normalized spacial score (nSPS) is 12.7. The second-order valence-electron chi connectivity index (χ2n) is 5.85. The zero-order valence-corrected chi connectivity index (χ0v) is 12.9. The molecule has 0 bridgehead atoms. The second kappa shape index (κ2) is 5.20. The maximum Gasteiger partial charge on any atom is 0.144 e. The van der Waals surface area contributed by atoms with E-state index in [9.17, 15) is 4.39 Å². The molecule has 114 valence electrons. The highest BCUT2D eigenvalue weighted by atomic mass is 19.1. The first-order valence-corrected chi connectivity index (χ1v) is 7.51. The van der Waals surface area contributed by atoms with E-state index in [4.69, 9.17) is 5.79 Å². The molecule has 0 amide bonds. The largest absolute Gasteiger partial charge is 0.455 e. The van der Waals surface area contributed by atoms with Crippen LogP contribution in [0.2, 0.25) is 0 Å². The third-order valence-corrected chi connectivity index (χ3v) is 4.07. The SMILES string of the molecule is [2H]C(C)(C)c1ccnc(-c2cccc3c2oc2ccc(F)cc23)c1. The van der Waals surface area contributed by atoms with Crippen LogP contribution in [0.25, 0.3) is 33.2 Å². The minimum absolute atomic E-state index is 0.285. The van der Waals surface area contributed by atoms with Crippen molar-refractivity contribution in [3.8, 4) is 11.3 Å². The van der Waals surface area contributed by atoms with Crippen molar-refractivity contribution in [3.05, 3.63) is 66.1 Å². The molecule has 3 heteroatoms. The summed E-state index contributed by atoms with van der Waals surface area (Å²) in [6.07, 6.45) is 1.71. The van der Waals surface area contributed by atoms with Gasteiger partial charge in [0.2, 0.25) is 0 Å². The van der Waals surface area contributed by atoms with Gasteiger partial charge in [-0.25, -0.2) is 4.39 Å². The Morgan fingerprint density at radius 1 is 1.09 bits per heavy atom. The zero-order chi connectivity index (χ0) is 16.9. The van der Waals surface area contributed by atoms with Crippen molar-refractivity contribution in [2.24, 2.45) is 0 Å². The number of benzene rings is 2. The van der Waals surface area contributed by atoms with Gasteiger partial charge in [-0.2, -0.15) is 0 Å². The highest BCUT2D eigenvalue weighted by Gasteiger charge is 2.14. The summed E-state index contributed by atoms with van der Waals surface area (Å²) in [6.45, 7) is 3.69. The van der Waals surface area contributed by atoms with Crippen LogP contribution in [0.3, 0.4) is 0 Å². The number of furan rings is 1. The van der Waals surface area contributed by atoms with Crippen molar-refractivity contribution in [1.29, 1.82) is 0 Å². The van der Waals surface area contributed by atoms with Crippen molar-refractivity contribution < 1.29 is 10.2 Å². The van der Waals surface area contributed by atoms with E-state index in [0.29, 0.717) is 11.2 Å². The van der Waals surface area contributed by atoms with Gasteiger partial charge in [0.1, 0.15) is 17.0 Å². The number of hydrogen-bond acceptors (Lipinski definition) is 2. The van der Waals surface area contributed by atoms with Crippen LogP contribution in [-0.2, 0) is 0 Å². The molecule has 2 nitrogen and oxygen atoms in total. The van der Waals surface area contributed by atoms with Gasteiger partial charge in [0, 0.05) is 23.9 Å². The van der Waals surface area contributed by atoms with Gasteiger partial charge in [0.25, 0.3) is 0 Å². The first-order chi connectivity index (χ1) is 11.4. The average Bonchev–Trinajstić information content (AvgIpc) is 2.92. The molecule has 0 saturated carbocycles. The fraction of sp³-hybridized carbons (Fsp3) is 0.150. The van der Waals surface area contributed by atoms with E-state index < -0.39 is 5.89 Å². The van der Waals surface area contributed by atoms with Crippen molar-refractivity contribution in [1.82, 2.24) is 4.98 Å². The Labute approximate surface area is 135 Å². The van der Waals surface area contributed by atoms with Crippen molar-refractivity contribution >= 4 is 21.9 Å². The second-order valence-corrected chi connectivity index (χ2v) is 5.85. The molecule has 0 spiro atoms. The maximum absolute atomic E-state index is 13.6. The fourth-order valence-electron chi connectivity index (χ4n) is 2.86. The van der Waals surface area contributed by atoms with Crippen molar-refractivity contribution in [3.63, 3.8) is 0 Å². The van der Waals surface area contributed by atoms with Gasteiger partial charge >= 0.3 is 0 Å². The Kier molecular flexibility index (Phi) is 2.90. The predicted octanol–water partition coefficient (Wildman–Crippen LogP) is 5.91. The summed E-state index contributed by atoms with van der Waals surface area (Å²) in [4.78, 5) is 4.44. The summed E-state index contributed by atoms with van der Waals surface area (Å²) < 4.78 is 27.8. The van der Waals surface area contributed by atoms with E-state index in [1.807, 2.05) is 44.2 Å². The van der Waals surface area contributed by atoms with Crippen LogP contribution < -0.4 is 0 Å². The van der Waals surface area contributed by atoms with Gasteiger partial charge < -0.3 is 4.42 Å². The lowest BCUT2D eigenvalue weighted by Crippen LogP contribution is -1.90. The quantitative estimate of drug-likeness (QED) is 0.460. The van der Waals surface area contributed by atoms with E-state index in [2.05, 4.69) is 4.98 Å². The van der Waals surface area contributed by atoms with E-state index in [1.165, 1.54) is 12.1 Å². The third kappa shape index (κ3) is 2.29. The zero-order valence-electron chi connectivity index (χ0n) is 13.9. The Morgan fingerprint density at radius 3 is 2.78 bits per heavy atom. The molecule has 4 rings (SSSR count). The molecule has 2 heterocycles. The molecule has 2 aromatic heterocycles. The number of pyridine rings is 1. The summed E-state index contributed by atoms with van der Waals surface area (Å²) >= 11 is 0. The maximum atomic E-state index is 13.6. The van der Waals surface area contributed by atoms with E-state index in [0.717, 1.165) is 27.6 Å². The van der Waals surface area contributed by atoms with Crippen LogP contribution in [0, 0.1) is 5.82 Å². The first-order valence-electron chi connectivity index (χ1n) is 8.01. The van der Waals surface area contributed by atoms with E-state index in [1.54, 1.807) is 12.3 Å². The minimum Gasteiger partial charge on any atom is -0.455 e. The summed E-state index contributed by atoms with van der Waals surface area (Å²) in [6, 6.07) is 14.1. The lowest BCUT2D eigenvalue weighted by molar-refractivity contribution is 0.626. The number of nitrogens with zero attached hydrogens (tertiary/aromatic N) is 1. The van der Waals surface area contributed by atoms with Gasteiger partial charge in [0.05, 0.1) is 5.69 Å². The van der Waals surface area contributed by atoms with Crippen LogP contribution in [0.1, 0.15) is 26.7 Å². The van der Waals surface area contributed by atoms with Crippen LogP contribution in [0.4, 0.5) is 4.39 Å². The highest BCUT2D eigenvalue weighted by Crippen LogP contribution is 2.35. The van der Waals surface area contributed by atoms with Gasteiger partial charge in [-0.1, -0.05) is 26.0 Å². The number of fused-ring (bicyclic) bond motifs is 3. The molecule has 0 radical (unpaired) electrons. The van der Waals surface area contributed by atoms with E-state index >= 15 is 0 Å². The molecule has 0 aliphatic rings. The summed E-state index contributed by atoms with van der Waals surface area (Å²) in [5.74, 6) is -0.991. The van der Waals surface area contributed by atoms with Gasteiger partial charge in [-0.15, -0.1) is 0 Å². The minimum atomic E-state index is -0.706. The molecule has 0 aliphatic heterocycles. The molecule has 23 heavy (non-hydrogen) atoms. The van der Waals surface area contributed by atoms with Crippen LogP contribution in [0.15, 0.2) is 59.1 Å². The molecule has 0 atom stereocenters. The van der Waals surface area contributed by atoms with Crippen LogP contribution in [0.5, 0.6) is 0 Å². The van der Waals surface area contributed by atoms with Crippen LogP contribution in [-0.4, -0.2) is 4.98 Å². The smallest absolute Gasteiger partial charge is 0.144 e. The molecule has 0 aliphatic carbocycles. The average molecular weight is 306 g/mol. The lowest BCUT2D eigenvalue weighted by Gasteiger charge is -2.07. The highest BCUT2D eigenvalue weighted by molar-refractivity contribution is 6.09. The summed E-state index contributed by atoms with van der Waals surface area (Å²) in [5.41, 5.74) is 3.81. The Bertz CT molecular complexity index is 1060. The molecule has 0 N–H and O–H groups in total. The van der Waals surface area contributed by atoms with Gasteiger partial charge in [-0.05, 0) is 47.9 Å². The molecular formula is C20H16FNO. The van der Waals surface area contributed by atoms with E-state index in [-0.39, 0.29) is 5.82 Å². The standard InChI is InChI=1S/C20H16FNO/c1-12(2)13-8-9-22-18(10-13)16-5-3-4-15-17-11-14(21)6-7-19(17)23-20(15)16/h3-12H,1-2H3/i12D. The molecule has 0 unspecified atom stereocenters. The topological polar surface area (TPSA) is 26.0 Å². The number of rotatable bonds is 2.